The van der Waals surface area contributed by atoms with Gasteiger partial charge in [0.05, 0.1) is 6.54 Å². The Morgan fingerprint density at radius 3 is 2.68 bits per heavy atom. The number of hydrogen-bond acceptors (Lipinski definition) is 4. The maximum atomic E-state index is 11.9. The number of carbonyl (C=O) groups is 1. The van der Waals surface area contributed by atoms with Crippen molar-refractivity contribution in [3.63, 3.8) is 0 Å². The summed E-state index contributed by atoms with van der Waals surface area (Å²) in [7, 11) is 0. The first-order valence-electron chi connectivity index (χ1n) is 8.61. The maximum Gasteiger partial charge on any atom is 0.264 e. The summed E-state index contributed by atoms with van der Waals surface area (Å²) in [5.41, 5.74) is 1.99. The van der Waals surface area contributed by atoms with Crippen molar-refractivity contribution in [3.8, 4) is 17.1 Å². The molecular formula is C21H19ClN2O3S. The number of amides is 1. The monoisotopic (exact) mass is 414 g/mol. The van der Waals surface area contributed by atoms with E-state index in [1.54, 1.807) is 18.2 Å². The second-order valence-electron chi connectivity index (χ2n) is 6.11. The van der Waals surface area contributed by atoms with Crippen LogP contribution in [0.2, 0.25) is 5.02 Å². The molecule has 7 heteroatoms. The van der Waals surface area contributed by atoms with Gasteiger partial charge in [0.2, 0.25) is 0 Å². The van der Waals surface area contributed by atoms with Gasteiger partial charge >= 0.3 is 0 Å². The first-order valence-corrected chi connectivity index (χ1v) is 9.40. The number of carbonyl (C=O) groups excluding carboxylic acids is 1. The molecule has 1 aromatic heterocycles. The summed E-state index contributed by atoms with van der Waals surface area (Å²) in [6, 6.07) is 18.6. The summed E-state index contributed by atoms with van der Waals surface area (Å²) in [4.78, 5) is 11.9. The molecule has 5 nitrogen and oxygen atoms in total. The SMILES string of the molecule is Cc1cccc(OCC(=O)NC(=S)NCc2ccc(-c3ccc(Cl)cc3)o2)c1. The van der Waals surface area contributed by atoms with Gasteiger partial charge in [-0.05, 0) is 73.2 Å². The van der Waals surface area contributed by atoms with Gasteiger partial charge < -0.3 is 19.8 Å². The molecule has 0 unspecified atom stereocenters. The van der Waals surface area contributed by atoms with Gasteiger partial charge in [-0.2, -0.15) is 0 Å². The molecular weight excluding hydrogens is 396 g/mol. The Hall–Kier alpha value is -2.83. The third kappa shape index (κ3) is 5.84. The van der Waals surface area contributed by atoms with E-state index in [0.717, 1.165) is 16.9 Å². The summed E-state index contributed by atoms with van der Waals surface area (Å²) in [6.07, 6.45) is 0. The molecule has 28 heavy (non-hydrogen) atoms. The Morgan fingerprint density at radius 1 is 1.14 bits per heavy atom. The minimum atomic E-state index is -0.333. The van der Waals surface area contributed by atoms with Crippen LogP contribution in [0.5, 0.6) is 5.75 Å². The second-order valence-corrected chi connectivity index (χ2v) is 6.95. The molecule has 1 amide bonds. The molecule has 1 heterocycles. The van der Waals surface area contributed by atoms with Crippen LogP contribution in [0.4, 0.5) is 0 Å². The smallest absolute Gasteiger partial charge is 0.264 e. The summed E-state index contributed by atoms with van der Waals surface area (Å²) in [6.45, 7) is 2.19. The minimum Gasteiger partial charge on any atom is -0.484 e. The molecule has 144 valence electrons. The molecule has 3 rings (SSSR count). The van der Waals surface area contributed by atoms with Gasteiger partial charge in [-0.3, -0.25) is 4.79 Å². The van der Waals surface area contributed by atoms with Crippen LogP contribution in [0, 0.1) is 6.92 Å². The molecule has 0 saturated heterocycles. The Morgan fingerprint density at radius 2 is 1.93 bits per heavy atom. The van der Waals surface area contributed by atoms with Gasteiger partial charge in [0, 0.05) is 10.6 Å². The lowest BCUT2D eigenvalue weighted by molar-refractivity contribution is -0.121. The van der Waals surface area contributed by atoms with Crippen LogP contribution < -0.4 is 15.4 Å². The Balaban J connectivity index is 1.44. The van der Waals surface area contributed by atoms with Crippen molar-refractivity contribution in [1.29, 1.82) is 0 Å². The summed E-state index contributed by atoms with van der Waals surface area (Å²) in [5, 5.41) is 6.40. The molecule has 3 aromatic rings. The van der Waals surface area contributed by atoms with E-state index in [1.807, 2.05) is 49.4 Å². The number of hydrogen-bond donors (Lipinski definition) is 2. The van der Waals surface area contributed by atoms with E-state index < -0.39 is 0 Å². The van der Waals surface area contributed by atoms with Crippen LogP contribution in [-0.4, -0.2) is 17.6 Å². The van der Waals surface area contributed by atoms with Crippen LogP contribution in [0.25, 0.3) is 11.3 Å². The minimum absolute atomic E-state index is 0.118. The summed E-state index contributed by atoms with van der Waals surface area (Å²) in [5.74, 6) is 1.73. The lowest BCUT2D eigenvalue weighted by atomic mass is 10.2. The average molecular weight is 415 g/mol. The molecule has 0 aliphatic rings. The van der Waals surface area contributed by atoms with Gasteiger partial charge in [-0.15, -0.1) is 0 Å². The first kappa shape index (κ1) is 19.9. The Bertz CT molecular complexity index is 970. The highest BCUT2D eigenvalue weighted by atomic mass is 35.5. The van der Waals surface area contributed by atoms with Gasteiger partial charge in [-0.1, -0.05) is 23.7 Å². The zero-order valence-electron chi connectivity index (χ0n) is 15.2. The molecule has 0 spiro atoms. The number of benzene rings is 2. The van der Waals surface area contributed by atoms with Crippen molar-refractivity contribution in [3.05, 3.63) is 77.0 Å². The largest absolute Gasteiger partial charge is 0.484 e. The molecule has 0 bridgehead atoms. The topological polar surface area (TPSA) is 63.5 Å². The highest BCUT2D eigenvalue weighted by Gasteiger charge is 2.08. The standard InChI is InChI=1S/C21H19ClN2O3S/c1-14-3-2-4-17(11-14)26-13-20(25)24-21(28)23-12-18-9-10-19(27-18)15-5-7-16(22)8-6-15/h2-11H,12-13H2,1H3,(H2,23,24,25,28). The number of furan rings is 1. The van der Waals surface area contributed by atoms with Crippen molar-refractivity contribution < 1.29 is 13.9 Å². The van der Waals surface area contributed by atoms with Gasteiger partial charge in [0.25, 0.3) is 5.91 Å². The van der Waals surface area contributed by atoms with Crippen LogP contribution in [-0.2, 0) is 11.3 Å². The fraction of sp³-hybridized carbons (Fsp3) is 0.143. The van der Waals surface area contributed by atoms with Gasteiger partial charge in [0.1, 0.15) is 17.3 Å². The molecule has 0 aliphatic carbocycles. The van der Waals surface area contributed by atoms with Gasteiger partial charge in [-0.25, -0.2) is 0 Å². The molecule has 0 radical (unpaired) electrons. The van der Waals surface area contributed by atoms with E-state index in [9.17, 15) is 4.79 Å². The van der Waals surface area contributed by atoms with E-state index >= 15 is 0 Å². The molecule has 0 atom stereocenters. The van der Waals surface area contributed by atoms with Crippen molar-refractivity contribution in [2.24, 2.45) is 0 Å². The molecule has 2 aromatic carbocycles. The maximum absolute atomic E-state index is 11.9. The number of aryl methyl sites for hydroxylation is 1. The highest BCUT2D eigenvalue weighted by molar-refractivity contribution is 7.80. The van der Waals surface area contributed by atoms with E-state index in [0.29, 0.717) is 23.1 Å². The van der Waals surface area contributed by atoms with E-state index in [2.05, 4.69) is 10.6 Å². The van der Waals surface area contributed by atoms with Crippen LogP contribution in [0.15, 0.2) is 65.1 Å². The number of ether oxygens (including phenoxy) is 1. The number of nitrogens with one attached hydrogen (secondary N) is 2. The zero-order chi connectivity index (χ0) is 19.9. The molecule has 2 N–H and O–H groups in total. The summed E-state index contributed by atoms with van der Waals surface area (Å²) >= 11 is 11.0. The lowest BCUT2D eigenvalue weighted by Gasteiger charge is -2.10. The predicted molar refractivity (Wildman–Crippen MR) is 113 cm³/mol. The van der Waals surface area contributed by atoms with E-state index in [4.69, 9.17) is 33.0 Å². The first-order chi connectivity index (χ1) is 13.5. The fourth-order valence-electron chi connectivity index (χ4n) is 2.47. The Labute approximate surface area is 173 Å². The number of halogens is 1. The average Bonchev–Trinajstić information content (AvgIpc) is 3.14. The molecule has 0 aliphatic heterocycles. The zero-order valence-corrected chi connectivity index (χ0v) is 16.8. The van der Waals surface area contributed by atoms with Gasteiger partial charge in [0.15, 0.2) is 11.7 Å². The van der Waals surface area contributed by atoms with E-state index in [1.165, 1.54) is 0 Å². The van der Waals surface area contributed by atoms with Crippen molar-refractivity contribution >= 4 is 34.8 Å². The number of thiocarbonyl (C=S) groups is 1. The third-order valence-corrected chi connectivity index (χ3v) is 4.32. The summed E-state index contributed by atoms with van der Waals surface area (Å²) < 4.78 is 11.2. The third-order valence-electron chi connectivity index (χ3n) is 3.83. The molecule has 0 saturated carbocycles. The fourth-order valence-corrected chi connectivity index (χ4v) is 2.78. The van der Waals surface area contributed by atoms with E-state index in [-0.39, 0.29) is 17.6 Å². The van der Waals surface area contributed by atoms with Crippen molar-refractivity contribution in [1.82, 2.24) is 10.6 Å². The lowest BCUT2D eigenvalue weighted by Crippen LogP contribution is -2.41. The normalized spacial score (nSPS) is 10.4. The van der Waals surface area contributed by atoms with Crippen LogP contribution in [0.1, 0.15) is 11.3 Å². The second kappa shape index (κ2) is 9.39. The van der Waals surface area contributed by atoms with Crippen LogP contribution in [0.3, 0.4) is 0 Å². The highest BCUT2D eigenvalue weighted by Crippen LogP contribution is 2.23. The Kier molecular flexibility index (Phi) is 6.68. The number of rotatable bonds is 6. The van der Waals surface area contributed by atoms with Crippen molar-refractivity contribution in [2.75, 3.05) is 6.61 Å². The predicted octanol–water partition coefficient (Wildman–Crippen LogP) is 4.48. The van der Waals surface area contributed by atoms with Crippen molar-refractivity contribution in [2.45, 2.75) is 13.5 Å². The quantitative estimate of drug-likeness (QED) is 0.582. The van der Waals surface area contributed by atoms with Crippen LogP contribution >= 0.6 is 23.8 Å². The molecule has 0 fully saturated rings.